The van der Waals surface area contributed by atoms with Gasteiger partial charge in [0.05, 0.1) is 5.41 Å². The van der Waals surface area contributed by atoms with Crippen molar-refractivity contribution in [1.82, 2.24) is 0 Å². The van der Waals surface area contributed by atoms with E-state index in [0.29, 0.717) is 11.1 Å². The standard InChI is InChI=1S/C15H12F2/c16-15(17)11-14(15,12-7-3-1-4-8-12)13-9-5-2-6-10-13/h1-10H,11H2. The van der Waals surface area contributed by atoms with Crippen LogP contribution in [-0.4, -0.2) is 5.92 Å². The van der Waals surface area contributed by atoms with Crippen LogP contribution < -0.4 is 0 Å². The lowest BCUT2D eigenvalue weighted by Gasteiger charge is -2.17. The minimum Gasteiger partial charge on any atom is -0.205 e. The molecular weight excluding hydrogens is 218 g/mol. The van der Waals surface area contributed by atoms with Crippen LogP contribution in [0.1, 0.15) is 17.5 Å². The molecule has 0 radical (unpaired) electrons. The van der Waals surface area contributed by atoms with Gasteiger partial charge in [-0.1, -0.05) is 60.7 Å². The summed E-state index contributed by atoms with van der Waals surface area (Å²) in [5, 5.41) is 0. The molecule has 0 saturated heterocycles. The Morgan fingerprint density at radius 1 is 0.706 bits per heavy atom. The summed E-state index contributed by atoms with van der Waals surface area (Å²) in [7, 11) is 0. The molecule has 1 aliphatic rings. The molecule has 17 heavy (non-hydrogen) atoms. The zero-order valence-electron chi connectivity index (χ0n) is 9.24. The van der Waals surface area contributed by atoms with Crippen molar-refractivity contribution >= 4 is 0 Å². The van der Waals surface area contributed by atoms with Crippen molar-refractivity contribution in [3.8, 4) is 0 Å². The van der Waals surface area contributed by atoms with E-state index in [1.807, 2.05) is 36.4 Å². The first kappa shape index (κ1) is 10.5. The van der Waals surface area contributed by atoms with Crippen molar-refractivity contribution in [2.45, 2.75) is 17.8 Å². The van der Waals surface area contributed by atoms with Crippen molar-refractivity contribution in [3.05, 3.63) is 71.8 Å². The number of alkyl halides is 2. The summed E-state index contributed by atoms with van der Waals surface area (Å²) >= 11 is 0. The Labute approximate surface area is 98.9 Å². The molecule has 3 rings (SSSR count). The first-order valence-corrected chi connectivity index (χ1v) is 5.66. The lowest BCUT2D eigenvalue weighted by atomic mass is 9.87. The molecule has 2 heteroatoms. The normalized spacial score (nSPS) is 19.9. The fraction of sp³-hybridized carbons (Fsp3) is 0.200. The van der Waals surface area contributed by atoms with Crippen LogP contribution in [0.25, 0.3) is 0 Å². The maximum absolute atomic E-state index is 13.8. The highest BCUT2D eigenvalue weighted by atomic mass is 19.3. The van der Waals surface area contributed by atoms with Crippen molar-refractivity contribution < 1.29 is 8.78 Å². The third-order valence-corrected chi connectivity index (χ3v) is 3.52. The highest BCUT2D eigenvalue weighted by Gasteiger charge is 2.72. The quantitative estimate of drug-likeness (QED) is 0.731. The van der Waals surface area contributed by atoms with Gasteiger partial charge in [-0.25, -0.2) is 8.78 Å². The van der Waals surface area contributed by atoms with Crippen molar-refractivity contribution in [2.75, 3.05) is 0 Å². The third kappa shape index (κ3) is 1.40. The fourth-order valence-corrected chi connectivity index (χ4v) is 2.53. The molecule has 2 aromatic rings. The summed E-state index contributed by atoms with van der Waals surface area (Å²) in [6.45, 7) is 0. The summed E-state index contributed by atoms with van der Waals surface area (Å²) in [6.07, 6.45) is -0.0893. The molecule has 0 aliphatic heterocycles. The van der Waals surface area contributed by atoms with Crippen LogP contribution in [0.15, 0.2) is 60.7 Å². The van der Waals surface area contributed by atoms with E-state index in [9.17, 15) is 8.78 Å². The van der Waals surface area contributed by atoms with Crippen LogP contribution in [-0.2, 0) is 5.41 Å². The van der Waals surface area contributed by atoms with E-state index in [0.717, 1.165) is 0 Å². The van der Waals surface area contributed by atoms with Crippen LogP contribution in [0.5, 0.6) is 0 Å². The van der Waals surface area contributed by atoms with E-state index in [1.54, 1.807) is 24.3 Å². The highest BCUT2D eigenvalue weighted by molar-refractivity contribution is 5.50. The molecule has 0 nitrogen and oxygen atoms in total. The molecule has 0 heterocycles. The lowest BCUT2D eigenvalue weighted by Crippen LogP contribution is -2.17. The second-order valence-corrected chi connectivity index (χ2v) is 4.52. The fourth-order valence-electron chi connectivity index (χ4n) is 2.53. The molecular formula is C15H12F2. The second kappa shape index (κ2) is 3.39. The molecule has 1 fully saturated rings. The Morgan fingerprint density at radius 3 is 1.35 bits per heavy atom. The van der Waals surface area contributed by atoms with Gasteiger partial charge in [-0.05, 0) is 11.1 Å². The average Bonchev–Trinajstić information content (AvgIpc) is 2.96. The van der Waals surface area contributed by atoms with Crippen molar-refractivity contribution in [3.63, 3.8) is 0 Å². The van der Waals surface area contributed by atoms with Crippen LogP contribution in [0.3, 0.4) is 0 Å². The predicted molar refractivity (Wildman–Crippen MR) is 63.2 cm³/mol. The lowest BCUT2D eigenvalue weighted by molar-refractivity contribution is 0.0966. The number of hydrogen-bond acceptors (Lipinski definition) is 0. The van der Waals surface area contributed by atoms with E-state index in [4.69, 9.17) is 0 Å². The first-order valence-electron chi connectivity index (χ1n) is 5.66. The Kier molecular flexibility index (Phi) is 2.09. The van der Waals surface area contributed by atoms with E-state index in [1.165, 1.54) is 0 Å². The zero-order valence-corrected chi connectivity index (χ0v) is 9.24. The Morgan fingerprint density at radius 2 is 1.06 bits per heavy atom. The summed E-state index contributed by atoms with van der Waals surface area (Å²) in [6, 6.07) is 18.1. The molecule has 1 aliphatic carbocycles. The van der Waals surface area contributed by atoms with Crippen molar-refractivity contribution in [2.24, 2.45) is 0 Å². The minimum absolute atomic E-state index is 0.0893. The topological polar surface area (TPSA) is 0 Å². The van der Waals surface area contributed by atoms with Gasteiger partial charge in [0.2, 0.25) is 0 Å². The monoisotopic (exact) mass is 230 g/mol. The molecule has 0 N–H and O–H groups in total. The molecule has 1 saturated carbocycles. The van der Waals surface area contributed by atoms with Gasteiger partial charge in [0, 0.05) is 6.42 Å². The maximum atomic E-state index is 13.8. The molecule has 0 atom stereocenters. The van der Waals surface area contributed by atoms with E-state index in [-0.39, 0.29) is 6.42 Å². The molecule has 0 unspecified atom stereocenters. The van der Waals surface area contributed by atoms with Gasteiger partial charge >= 0.3 is 0 Å². The van der Waals surface area contributed by atoms with Gasteiger partial charge in [-0.15, -0.1) is 0 Å². The highest BCUT2D eigenvalue weighted by Crippen LogP contribution is 2.65. The van der Waals surface area contributed by atoms with Gasteiger partial charge in [0.1, 0.15) is 0 Å². The number of benzene rings is 2. The predicted octanol–water partition coefficient (Wildman–Crippen LogP) is 4.01. The van der Waals surface area contributed by atoms with Crippen LogP contribution in [0, 0.1) is 0 Å². The summed E-state index contributed by atoms with van der Waals surface area (Å²) in [5.41, 5.74) is 0.308. The molecule has 0 aromatic heterocycles. The van der Waals surface area contributed by atoms with Gasteiger partial charge < -0.3 is 0 Å². The Balaban J connectivity index is 2.15. The Bertz CT molecular complexity index is 478. The van der Waals surface area contributed by atoms with Crippen molar-refractivity contribution in [1.29, 1.82) is 0 Å². The molecule has 0 amide bonds. The van der Waals surface area contributed by atoms with Gasteiger partial charge in [-0.3, -0.25) is 0 Å². The third-order valence-electron chi connectivity index (χ3n) is 3.52. The number of hydrogen-bond donors (Lipinski definition) is 0. The molecule has 0 spiro atoms. The second-order valence-electron chi connectivity index (χ2n) is 4.52. The minimum atomic E-state index is -2.63. The molecule has 86 valence electrons. The maximum Gasteiger partial charge on any atom is 0.263 e. The summed E-state index contributed by atoms with van der Waals surface area (Å²) < 4.78 is 27.6. The largest absolute Gasteiger partial charge is 0.263 e. The van der Waals surface area contributed by atoms with Gasteiger partial charge in [-0.2, -0.15) is 0 Å². The van der Waals surface area contributed by atoms with Crippen LogP contribution in [0.4, 0.5) is 8.78 Å². The average molecular weight is 230 g/mol. The number of rotatable bonds is 2. The smallest absolute Gasteiger partial charge is 0.205 e. The Hall–Kier alpha value is -1.70. The van der Waals surface area contributed by atoms with E-state index >= 15 is 0 Å². The van der Waals surface area contributed by atoms with Crippen LogP contribution in [0.2, 0.25) is 0 Å². The zero-order chi connectivity index (χ0) is 11.9. The summed E-state index contributed by atoms with van der Waals surface area (Å²) in [5.74, 6) is -2.63. The summed E-state index contributed by atoms with van der Waals surface area (Å²) in [4.78, 5) is 0. The van der Waals surface area contributed by atoms with E-state index < -0.39 is 11.3 Å². The molecule has 0 bridgehead atoms. The molecule has 2 aromatic carbocycles. The number of halogens is 2. The van der Waals surface area contributed by atoms with Crippen LogP contribution >= 0.6 is 0 Å². The first-order chi connectivity index (χ1) is 8.17. The van der Waals surface area contributed by atoms with E-state index in [2.05, 4.69) is 0 Å². The van der Waals surface area contributed by atoms with Gasteiger partial charge in [0.25, 0.3) is 5.92 Å². The van der Waals surface area contributed by atoms with Gasteiger partial charge in [0.15, 0.2) is 0 Å². The SMILES string of the molecule is FC1(F)CC1(c1ccccc1)c1ccccc1.